The number of carbonyl (C=O) groups excluding carboxylic acids is 2. The fourth-order valence-corrected chi connectivity index (χ4v) is 1.67. The summed E-state index contributed by atoms with van der Waals surface area (Å²) >= 11 is 0. The van der Waals surface area contributed by atoms with Crippen molar-refractivity contribution in [1.29, 1.82) is 0 Å². The second kappa shape index (κ2) is 3.90. The minimum Gasteiger partial charge on any atom is -0.335 e. The fraction of sp³-hybridized carbons (Fsp3) is 0.800. The van der Waals surface area contributed by atoms with Crippen molar-refractivity contribution in [2.24, 2.45) is 11.8 Å². The first-order chi connectivity index (χ1) is 6.00. The molecule has 1 unspecified atom stereocenters. The van der Waals surface area contributed by atoms with Crippen molar-refractivity contribution in [3.05, 3.63) is 0 Å². The van der Waals surface area contributed by atoms with Crippen LogP contribution in [-0.2, 0) is 9.59 Å². The third-order valence-corrected chi connectivity index (χ3v) is 2.60. The second-order valence-corrected chi connectivity index (χ2v) is 4.18. The molecule has 0 N–H and O–H groups in total. The molecule has 13 heavy (non-hydrogen) atoms. The summed E-state index contributed by atoms with van der Waals surface area (Å²) in [5, 5.41) is 0. The number of likely N-dealkylation sites (tertiary alicyclic amines) is 1. The lowest BCUT2D eigenvalue weighted by atomic mass is 9.95. The minimum atomic E-state index is 0.0674. The lowest BCUT2D eigenvalue weighted by Crippen LogP contribution is -2.30. The Bertz CT molecular complexity index is 223. The standard InChI is InChI=1S/C10H17NO2/c1-7(2)9-4-10(13)11(6-9)5-8(3)12/h7,9H,4-6H2,1-3H3. The predicted molar refractivity (Wildman–Crippen MR) is 50.2 cm³/mol. The van der Waals surface area contributed by atoms with Crippen molar-refractivity contribution in [1.82, 2.24) is 4.90 Å². The number of hydrogen-bond acceptors (Lipinski definition) is 2. The molecule has 0 saturated carbocycles. The van der Waals surface area contributed by atoms with Crippen molar-refractivity contribution >= 4 is 11.7 Å². The van der Waals surface area contributed by atoms with Crippen LogP contribution in [0, 0.1) is 11.8 Å². The molecular formula is C10H17NO2. The summed E-state index contributed by atoms with van der Waals surface area (Å²) in [6.07, 6.45) is 0.616. The van der Waals surface area contributed by atoms with Gasteiger partial charge in [-0.15, -0.1) is 0 Å². The summed E-state index contributed by atoms with van der Waals surface area (Å²) in [6.45, 7) is 6.82. The van der Waals surface area contributed by atoms with Crippen LogP contribution < -0.4 is 0 Å². The number of Topliss-reactive ketones (excluding diaryl/α,β-unsaturated/α-hetero) is 1. The van der Waals surface area contributed by atoms with Gasteiger partial charge in [0.05, 0.1) is 6.54 Å². The number of hydrogen-bond donors (Lipinski definition) is 0. The van der Waals surface area contributed by atoms with E-state index >= 15 is 0 Å². The molecule has 0 spiro atoms. The Morgan fingerprint density at radius 3 is 2.62 bits per heavy atom. The molecule has 74 valence electrons. The van der Waals surface area contributed by atoms with Gasteiger partial charge in [-0.3, -0.25) is 9.59 Å². The summed E-state index contributed by atoms with van der Waals surface area (Å²) in [5.41, 5.74) is 0. The summed E-state index contributed by atoms with van der Waals surface area (Å²) in [4.78, 5) is 23.9. The SMILES string of the molecule is CC(=O)CN1CC(C(C)C)CC1=O. The van der Waals surface area contributed by atoms with Gasteiger partial charge in [0.25, 0.3) is 0 Å². The van der Waals surface area contributed by atoms with Gasteiger partial charge in [-0.25, -0.2) is 0 Å². The van der Waals surface area contributed by atoms with Crippen LogP contribution in [0.25, 0.3) is 0 Å². The Morgan fingerprint density at radius 1 is 1.62 bits per heavy atom. The molecular weight excluding hydrogens is 166 g/mol. The Morgan fingerprint density at radius 2 is 2.23 bits per heavy atom. The zero-order chi connectivity index (χ0) is 10.0. The van der Waals surface area contributed by atoms with Crippen LogP contribution in [0.15, 0.2) is 0 Å². The monoisotopic (exact) mass is 183 g/mol. The van der Waals surface area contributed by atoms with Crippen LogP contribution in [0.5, 0.6) is 0 Å². The molecule has 0 aromatic rings. The average Bonchev–Trinajstić information content (AvgIpc) is 2.31. The normalized spacial score (nSPS) is 22.9. The first kappa shape index (κ1) is 10.2. The van der Waals surface area contributed by atoms with E-state index in [1.165, 1.54) is 6.92 Å². The van der Waals surface area contributed by atoms with Gasteiger partial charge in [0.1, 0.15) is 5.78 Å². The van der Waals surface area contributed by atoms with Gasteiger partial charge in [-0.2, -0.15) is 0 Å². The zero-order valence-corrected chi connectivity index (χ0v) is 8.54. The summed E-state index contributed by atoms with van der Waals surface area (Å²) < 4.78 is 0. The van der Waals surface area contributed by atoms with Crippen LogP contribution in [0.4, 0.5) is 0 Å². The van der Waals surface area contributed by atoms with Gasteiger partial charge in [-0.1, -0.05) is 13.8 Å². The van der Waals surface area contributed by atoms with Crippen molar-refractivity contribution in [2.45, 2.75) is 27.2 Å². The van der Waals surface area contributed by atoms with E-state index in [0.717, 1.165) is 6.54 Å². The third kappa shape index (κ3) is 2.54. The molecule has 1 aliphatic rings. The Labute approximate surface area is 79.1 Å². The third-order valence-electron chi connectivity index (χ3n) is 2.60. The van der Waals surface area contributed by atoms with Crippen molar-refractivity contribution in [3.63, 3.8) is 0 Å². The molecule has 0 aromatic carbocycles. The van der Waals surface area contributed by atoms with E-state index in [0.29, 0.717) is 24.8 Å². The second-order valence-electron chi connectivity index (χ2n) is 4.18. The van der Waals surface area contributed by atoms with Gasteiger partial charge in [-0.05, 0) is 18.8 Å². The van der Waals surface area contributed by atoms with Crippen molar-refractivity contribution in [3.8, 4) is 0 Å². The molecule has 1 fully saturated rings. The highest BCUT2D eigenvalue weighted by Crippen LogP contribution is 2.24. The van der Waals surface area contributed by atoms with Gasteiger partial charge in [0.15, 0.2) is 0 Å². The minimum absolute atomic E-state index is 0.0674. The number of ketones is 1. The molecule has 1 saturated heterocycles. The summed E-state index contributed by atoms with van der Waals surface area (Å²) in [6, 6.07) is 0. The molecule has 3 heteroatoms. The molecule has 0 bridgehead atoms. The highest BCUT2D eigenvalue weighted by molar-refractivity contribution is 5.85. The van der Waals surface area contributed by atoms with Gasteiger partial charge >= 0.3 is 0 Å². The average molecular weight is 183 g/mol. The van der Waals surface area contributed by atoms with Crippen LogP contribution in [0.3, 0.4) is 0 Å². The molecule has 3 nitrogen and oxygen atoms in total. The van der Waals surface area contributed by atoms with Crippen LogP contribution in [0.1, 0.15) is 27.2 Å². The number of nitrogens with zero attached hydrogens (tertiary/aromatic N) is 1. The number of rotatable bonds is 3. The largest absolute Gasteiger partial charge is 0.335 e. The molecule has 1 amide bonds. The molecule has 1 atom stereocenters. The number of carbonyl (C=O) groups is 2. The van der Waals surface area contributed by atoms with Crippen LogP contribution in [-0.4, -0.2) is 29.7 Å². The number of amides is 1. The van der Waals surface area contributed by atoms with Crippen LogP contribution in [0.2, 0.25) is 0 Å². The highest BCUT2D eigenvalue weighted by atomic mass is 16.2. The van der Waals surface area contributed by atoms with E-state index in [2.05, 4.69) is 13.8 Å². The van der Waals surface area contributed by atoms with E-state index in [1.807, 2.05) is 0 Å². The predicted octanol–water partition coefficient (Wildman–Crippen LogP) is 1.08. The van der Waals surface area contributed by atoms with Crippen molar-refractivity contribution in [2.75, 3.05) is 13.1 Å². The topological polar surface area (TPSA) is 37.4 Å². The van der Waals surface area contributed by atoms with E-state index < -0.39 is 0 Å². The van der Waals surface area contributed by atoms with Gasteiger partial charge in [0, 0.05) is 13.0 Å². The maximum Gasteiger partial charge on any atom is 0.223 e. The quantitative estimate of drug-likeness (QED) is 0.656. The maximum absolute atomic E-state index is 11.4. The van der Waals surface area contributed by atoms with Crippen molar-refractivity contribution < 1.29 is 9.59 Å². The van der Waals surface area contributed by atoms with E-state index in [9.17, 15) is 9.59 Å². The molecule has 1 aliphatic heterocycles. The highest BCUT2D eigenvalue weighted by Gasteiger charge is 2.31. The molecule has 1 rings (SSSR count). The lowest BCUT2D eigenvalue weighted by molar-refractivity contribution is -0.131. The maximum atomic E-state index is 11.4. The lowest BCUT2D eigenvalue weighted by Gasteiger charge is -2.16. The van der Waals surface area contributed by atoms with E-state index in [4.69, 9.17) is 0 Å². The Balaban J connectivity index is 2.51. The first-order valence-corrected chi connectivity index (χ1v) is 4.78. The molecule has 0 aromatic heterocycles. The Hall–Kier alpha value is -0.860. The van der Waals surface area contributed by atoms with E-state index in [1.54, 1.807) is 4.90 Å². The summed E-state index contributed by atoms with van der Waals surface area (Å²) in [5.74, 6) is 1.17. The molecule has 0 aliphatic carbocycles. The van der Waals surface area contributed by atoms with E-state index in [-0.39, 0.29) is 11.7 Å². The molecule has 1 heterocycles. The Kier molecular flexibility index (Phi) is 3.07. The van der Waals surface area contributed by atoms with Crippen LogP contribution >= 0.6 is 0 Å². The first-order valence-electron chi connectivity index (χ1n) is 4.78. The smallest absolute Gasteiger partial charge is 0.223 e. The summed E-state index contributed by atoms with van der Waals surface area (Å²) in [7, 11) is 0. The fourth-order valence-electron chi connectivity index (χ4n) is 1.67. The molecule has 0 radical (unpaired) electrons. The van der Waals surface area contributed by atoms with Gasteiger partial charge < -0.3 is 4.90 Å². The van der Waals surface area contributed by atoms with Gasteiger partial charge in [0.2, 0.25) is 5.91 Å². The zero-order valence-electron chi connectivity index (χ0n) is 8.54.